The monoisotopic (exact) mass is 418 g/mol. The van der Waals surface area contributed by atoms with E-state index in [1.165, 1.54) is 54.6 Å². The van der Waals surface area contributed by atoms with Crippen LogP contribution in [-0.2, 0) is 10.0 Å². The van der Waals surface area contributed by atoms with E-state index < -0.39 is 21.7 Å². The lowest BCUT2D eigenvalue weighted by molar-refractivity contribution is 0.102. The first-order chi connectivity index (χ1) is 13.2. The number of hydrogen-bond donors (Lipinski definition) is 2. The second-order valence-electron chi connectivity index (χ2n) is 6.07. The predicted octanol–water partition coefficient (Wildman–Crippen LogP) is 4.84. The Bertz CT molecular complexity index is 1120. The highest BCUT2D eigenvalue weighted by atomic mass is 35.5. The lowest BCUT2D eigenvalue weighted by atomic mass is 10.2. The van der Waals surface area contributed by atoms with Crippen LogP contribution in [-0.4, -0.2) is 14.3 Å². The molecule has 0 spiro atoms. The summed E-state index contributed by atoms with van der Waals surface area (Å²) < 4.78 is 40.5. The van der Waals surface area contributed by atoms with E-state index in [0.717, 1.165) is 5.56 Å². The van der Waals surface area contributed by atoms with E-state index >= 15 is 0 Å². The SMILES string of the molecule is Cc1ccc(S(=O)(=O)Nc2cc(C(=O)Nc3ccc(F)cc3)ccc2Cl)cc1. The number of nitrogens with one attached hydrogen (secondary N) is 2. The molecule has 1 amide bonds. The fourth-order valence-corrected chi connectivity index (χ4v) is 3.69. The van der Waals surface area contributed by atoms with Crippen LogP contribution in [0.4, 0.5) is 15.8 Å². The van der Waals surface area contributed by atoms with Crippen LogP contribution in [0.15, 0.2) is 71.6 Å². The van der Waals surface area contributed by atoms with Gasteiger partial charge in [-0.3, -0.25) is 9.52 Å². The summed E-state index contributed by atoms with van der Waals surface area (Å²) in [5, 5.41) is 2.75. The van der Waals surface area contributed by atoms with Crippen LogP contribution in [0.25, 0.3) is 0 Å². The Morgan fingerprint density at radius 3 is 2.25 bits per heavy atom. The summed E-state index contributed by atoms with van der Waals surface area (Å²) in [6.45, 7) is 1.85. The number of sulfonamides is 1. The Hall–Kier alpha value is -2.90. The molecule has 5 nitrogen and oxygen atoms in total. The van der Waals surface area contributed by atoms with E-state index in [-0.39, 0.29) is 21.2 Å². The number of hydrogen-bond acceptors (Lipinski definition) is 3. The topological polar surface area (TPSA) is 75.3 Å². The smallest absolute Gasteiger partial charge is 0.261 e. The molecule has 0 aliphatic rings. The molecule has 2 N–H and O–H groups in total. The second-order valence-corrected chi connectivity index (χ2v) is 8.16. The highest BCUT2D eigenvalue weighted by Gasteiger charge is 2.17. The molecular formula is C20H16ClFN2O3S. The van der Waals surface area contributed by atoms with Crippen molar-refractivity contribution < 1.29 is 17.6 Å². The second kappa shape index (κ2) is 8.00. The van der Waals surface area contributed by atoms with Gasteiger partial charge in [0, 0.05) is 11.3 Å². The molecule has 0 unspecified atom stereocenters. The van der Waals surface area contributed by atoms with E-state index in [1.807, 2.05) is 6.92 Å². The molecule has 0 aliphatic heterocycles. The first-order valence-electron chi connectivity index (χ1n) is 8.20. The summed E-state index contributed by atoms with van der Waals surface area (Å²) in [5.41, 5.74) is 1.60. The van der Waals surface area contributed by atoms with Crippen LogP contribution < -0.4 is 10.0 Å². The highest BCUT2D eigenvalue weighted by Crippen LogP contribution is 2.26. The molecule has 3 aromatic rings. The molecule has 0 atom stereocenters. The van der Waals surface area contributed by atoms with Gasteiger partial charge in [-0.05, 0) is 61.5 Å². The highest BCUT2D eigenvalue weighted by molar-refractivity contribution is 7.92. The minimum Gasteiger partial charge on any atom is -0.322 e. The molecule has 0 saturated carbocycles. The van der Waals surface area contributed by atoms with Gasteiger partial charge in [-0.15, -0.1) is 0 Å². The largest absolute Gasteiger partial charge is 0.322 e. The van der Waals surface area contributed by atoms with E-state index in [0.29, 0.717) is 5.69 Å². The van der Waals surface area contributed by atoms with Crippen molar-refractivity contribution in [1.82, 2.24) is 0 Å². The van der Waals surface area contributed by atoms with Crippen LogP contribution in [0.1, 0.15) is 15.9 Å². The number of aryl methyl sites for hydroxylation is 1. The van der Waals surface area contributed by atoms with Gasteiger partial charge in [-0.2, -0.15) is 0 Å². The molecule has 144 valence electrons. The predicted molar refractivity (Wildman–Crippen MR) is 108 cm³/mol. The number of carbonyl (C=O) groups excluding carboxylic acids is 1. The minimum atomic E-state index is -3.87. The van der Waals surface area contributed by atoms with Crippen molar-refractivity contribution >= 4 is 38.9 Å². The molecule has 0 fully saturated rings. The van der Waals surface area contributed by atoms with E-state index in [4.69, 9.17) is 11.6 Å². The van der Waals surface area contributed by atoms with Crippen molar-refractivity contribution in [2.75, 3.05) is 10.0 Å². The third kappa shape index (κ3) is 4.68. The Morgan fingerprint density at radius 2 is 1.61 bits per heavy atom. The molecule has 0 saturated heterocycles. The van der Waals surface area contributed by atoms with Crippen molar-refractivity contribution in [2.45, 2.75) is 11.8 Å². The van der Waals surface area contributed by atoms with Crippen molar-refractivity contribution in [2.24, 2.45) is 0 Å². The van der Waals surface area contributed by atoms with Gasteiger partial charge in [-0.1, -0.05) is 29.3 Å². The summed E-state index contributed by atoms with van der Waals surface area (Å²) in [6, 6.07) is 15.8. The maximum Gasteiger partial charge on any atom is 0.261 e. The van der Waals surface area contributed by atoms with Gasteiger partial charge in [0.15, 0.2) is 0 Å². The van der Waals surface area contributed by atoms with Gasteiger partial charge in [-0.25, -0.2) is 12.8 Å². The first-order valence-corrected chi connectivity index (χ1v) is 10.1. The average Bonchev–Trinajstić information content (AvgIpc) is 2.65. The summed E-state index contributed by atoms with van der Waals surface area (Å²) in [6.07, 6.45) is 0. The third-order valence-electron chi connectivity index (χ3n) is 3.91. The van der Waals surface area contributed by atoms with Gasteiger partial charge >= 0.3 is 0 Å². The van der Waals surface area contributed by atoms with Crippen LogP contribution in [0.3, 0.4) is 0 Å². The van der Waals surface area contributed by atoms with Crippen LogP contribution in [0, 0.1) is 12.7 Å². The Kier molecular flexibility index (Phi) is 5.67. The van der Waals surface area contributed by atoms with Gasteiger partial charge < -0.3 is 5.32 Å². The van der Waals surface area contributed by atoms with E-state index in [1.54, 1.807) is 12.1 Å². The van der Waals surface area contributed by atoms with Crippen molar-refractivity contribution in [1.29, 1.82) is 0 Å². The van der Waals surface area contributed by atoms with Crippen LogP contribution >= 0.6 is 11.6 Å². The molecule has 8 heteroatoms. The zero-order valence-corrected chi connectivity index (χ0v) is 16.3. The Morgan fingerprint density at radius 1 is 0.964 bits per heavy atom. The lowest BCUT2D eigenvalue weighted by Gasteiger charge is -2.12. The van der Waals surface area contributed by atoms with E-state index in [2.05, 4.69) is 10.0 Å². The number of benzene rings is 3. The standard InChI is InChI=1S/C20H16ClFN2O3S/c1-13-2-9-17(10-3-13)28(26,27)24-19-12-14(4-11-18(19)21)20(25)23-16-7-5-15(22)6-8-16/h2-12,24H,1H3,(H,23,25). The van der Waals surface area contributed by atoms with Gasteiger partial charge in [0.1, 0.15) is 5.82 Å². The molecule has 0 aliphatic carbocycles. The van der Waals surface area contributed by atoms with Crippen LogP contribution in [0.2, 0.25) is 5.02 Å². The number of amides is 1. The maximum atomic E-state index is 13.0. The zero-order valence-electron chi connectivity index (χ0n) is 14.7. The fourth-order valence-electron chi connectivity index (χ4n) is 2.40. The molecule has 0 bridgehead atoms. The van der Waals surface area contributed by atoms with E-state index in [9.17, 15) is 17.6 Å². The van der Waals surface area contributed by atoms with Crippen molar-refractivity contribution in [3.63, 3.8) is 0 Å². The van der Waals surface area contributed by atoms with Crippen molar-refractivity contribution in [3.8, 4) is 0 Å². The number of halogens is 2. The van der Waals surface area contributed by atoms with Gasteiger partial charge in [0.2, 0.25) is 0 Å². The average molecular weight is 419 g/mol. The number of rotatable bonds is 5. The summed E-state index contributed by atoms with van der Waals surface area (Å²) in [4.78, 5) is 12.5. The quantitative estimate of drug-likeness (QED) is 0.622. The number of anilines is 2. The summed E-state index contributed by atoms with van der Waals surface area (Å²) in [7, 11) is -3.87. The van der Waals surface area contributed by atoms with Crippen molar-refractivity contribution in [3.05, 3.63) is 88.7 Å². The Balaban J connectivity index is 1.83. The zero-order chi connectivity index (χ0) is 20.3. The lowest BCUT2D eigenvalue weighted by Crippen LogP contribution is -2.15. The van der Waals surface area contributed by atoms with Gasteiger partial charge in [0.05, 0.1) is 15.6 Å². The molecule has 0 radical (unpaired) electrons. The third-order valence-corrected chi connectivity index (χ3v) is 5.62. The molecule has 28 heavy (non-hydrogen) atoms. The minimum absolute atomic E-state index is 0.0778. The molecule has 3 aromatic carbocycles. The van der Waals surface area contributed by atoms with Gasteiger partial charge in [0.25, 0.3) is 15.9 Å². The number of carbonyl (C=O) groups is 1. The molecule has 0 heterocycles. The first kappa shape index (κ1) is 19.9. The Labute approximate surface area is 167 Å². The molecule has 0 aromatic heterocycles. The normalized spacial score (nSPS) is 11.1. The maximum absolute atomic E-state index is 13.0. The molecular weight excluding hydrogens is 403 g/mol. The summed E-state index contributed by atoms with van der Waals surface area (Å²) >= 11 is 6.10. The van der Waals surface area contributed by atoms with Crippen LogP contribution in [0.5, 0.6) is 0 Å². The summed E-state index contributed by atoms with van der Waals surface area (Å²) in [5.74, 6) is -0.906. The molecule has 3 rings (SSSR count). The fraction of sp³-hybridized carbons (Fsp3) is 0.0500.